The van der Waals surface area contributed by atoms with E-state index in [2.05, 4.69) is 32.9 Å². The fourth-order valence-electron chi connectivity index (χ4n) is 2.09. The van der Waals surface area contributed by atoms with Crippen LogP contribution in [0.25, 0.3) is 11.3 Å². The second-order valence-electron chi connectivity index (χ2n) is 5.08. The van der Waals surface area contributed by atoms with Crippen LogP contribution in [0.1, 0.15) is 15.9 Å². The standard InChI is InChI=1S/C17H10F3IN2OS/c18-17(19,20)12-3-1-2-11(8-12)15(24)23-16-22-14(9-25-16)10-4-6-13(21)7-5-10/h1-9H,(H,22,23,24). The van der Waals surface area contributed by atoms with Crippen molar-refractivity contribution in [2.24, 2.45) is 0 Å². The Morgan fingerprint density at radius 2 is 1.84 bits per heavy atom. The van der Waals surface area contributed by atoms with Gasteiger partial charge in [-0.25, -0.2) is 4.98 Å². The lowest BCUT2D eigenvalue weighted by atomic mass is 10.1. The van der Waals surface area contributed by atoms with Crippen molar-refractivity contribution >= 4 is 45.0 Å². The summed E-state index contributed by atoms with van der Waals surface area (Å²) in [6.07, 6.45) is -4.49. The van der Waals surface area contributed by atoms with Gasteiger partial charge >= 0.3 is 6.18 Å². The topological polar surface area (TPSA) is 42.0 Å². The van der Waals surface area contributed by atoms with Crippen molar-refractivity contribution in [3.8, 4) is 11.3 Å². The van der Waals surface area contributed by atoms with Gasteiger partial charge in [-0.15, -0.1) is 11.3 Å². The zero-order chi connectivity index (χ0) is 18.0. The van der Waals surface area contributed by atoms with Gasteiger partial charge < -0.3 is 0 Å². The summed E-state index contributed by atoms with van der Waals surface area (Å²) in [5, 5.41) is 4.65. The minimum atomic E-state index is -4.49. The first-order chi connectivity index (χ1) is 11.8. The van der Waals surface area contributed by atoms with Gasteiger partial charge in [-0.1, -0.05) is 18.2 Å². The van der Waals surface area contributed by atoms with Gasteiger partial charge in [-0.3, -0.25) is 10.1 Å². The summed E-state index contributed by atoms with van der Waals surface area (Å²) in [5.74, 6) is -0.630. The lowest BCUT2D eigenvalue weighted by molar-refractivity contribution is -0.137. The quantitative estimate of drug-likeness (QED) is 0.496. The Morgan fingerprint density at radius 3 is 2.52 bits per heavy atom. The second kappa shape index (κ2) is 7.12. The zero-order valence-electron chi connectivity index (χ0n) is 12.5. The number of nitrogens with one attached hydrogen (secondary N) is 1. The van der Waals surface area contributed by atoms with Crippen LogP contribution in [0.3, 0.4) is 0 Å². The number of hydrogen-bond acceptors (Lipinski definition) is 3. The van der Waals surface area contributed by atoms with E-state index >= 15 is 0 Å². The summed E-state index contributed by atoms with van der Waals surface area (Å²) in [5.41, 5.74) is 0.664. The molecule has 8 heteroatoms. The van der Waals surface area contributed by atoms with Crippen LogP contribution in [0.2, 0.25) is 0 Å². The summed E-state index contributed by atoms with van der Waals surface area (Å²) in [6.45, 7) is 0. The average molecular weight is 474 g/mol. The molecule has 0 saturated carbocycles. The fraction of sp³-hybridized carbons (Fsp3) is 0.0588. The minimum absolute atomic E-state index is 0.0687. The molecule has 0 saturated heterocycles. The van der Waals surface area contributed by atoms with Crippen LogP contribution in [-0.4, -0.2) is 10.9 Å². The van der Waals surface area contributed by atoms with Crippen molar-refractivity contribution in [3.05, 3.63) is 68.6 Å². The fourth-order valence-corrected chi connectivity index (χ4v) is 3.16. The van der Waals surface area contributed by atoms with E-state index in [0.29, 0.717) is 10.8 Å². The van der Waals surface area contributed by atoms with Gasteiger partial charge in [0.25, 0.3) is 5.91 Å². The summed E-state index contributed by atoms with van der Waals surface area (Å²) >= 11 is 3.41. The molecule has 0 aliphatic rings. The number of aromatic nitrogens is 1. The van der Waals surface area contributed by atoms with Crippen LogP contribution in [0, 0.1) is 3.57 Å². The maximum Gasteiger partial charge on any atom is 0.416 e. The highest BCUT2D eigenvalue weighted by Crippen LogP contribution is 2.30. The van der Waals surface area contributed by atoms with Crippen molar-refractivity contribution in [1.29, 1.82) is 0 Å². The normalized spacial score (nSPS) is 11.4. The number of anilines is 1. The van der Waals surface area contributed by atoms with Gasteiger partial charge in [0.2, 0.25) is 0 Å². The molecule has 128 valence electrons. The molecule has 0 unspecified atom stereocenters. The highest BCUT2D eigenvalue weighted by molar-refractivity contribution is 14.1. The number of halogens is 4. The van der Waals surface area contributed by atoms with Crippen LogP contribution in [0.5, 0.6) is 0 Å². The molecule has 0 radical (unpaired) electrons. The Labute approximate surface area is 159 Å². The molecule has 3 aromatic rings. The molecule has 2 aromatic carbocycles. The Hall–Kier alpha value is -1.94. The maximum atomic E-state index is 12.7. The van der Waals surface area contributed by atoms with Gasteiger partial charge in [0.05, 0.1) is 11.3 Å². The van der Waals surface area contributed by atoms with E-state index in [1.165, 1.54) is 23.5 Å². The smallest absolute Gasteiger partial charge is 0.298 e. The number of rotatable bonds is 3. The summed E-state index contributed by atoms with van der Waals surface area (Å²) < 4.78 is 39.3. The average Bonchev–Trinajstić information content (AvgIpc) is 3.03. The van der Waals surface area contributed by atoms with Crippen molar-refractivity contribution in [2.45, 2.75) is 6.18 Å². The molecule has 1 amide bonds. The summed E-state index contributed by atoms with van der Waals surface area (Å²) in [6, 6.07) is 12.0. The number of amides is 1. The second-order valence-corrected chi connectivity index (χ2v) is 7.18. The van der Waals surface area contributed by atoms with Gasteiger partial charge in [0, 0.05) is 20.1 Å². The molecule has 1 aromatic heterocycles. The predicted octanol–water partition coefficient (Wildman–Crippen LogP) is 5.69. The van der Waals surface area contributed by atoms with Gasteiger partial charge in [0.1, 0.15) is 0 Å². The molecule has 0 aliphatic carbocycles. The molecule has 1 N–H and O–H groups in total. The molecule has 0 spiro atoms. The number of alkyl halides is 3. The largest absolute Gasteiger partial charge is 0.416 e. The van der Waals surface area contributed by atoms with E-state index in [0.717, 1.165) is 21.3 Å². The molecular weight excluding hydrogens is 464 g/mol. The predicted molar refractivity (Wildman–Crippen MR) is 99.7 cm³/mol. The summed E-state index contributed by atoms with van der Waals surface area (Å²) in [7, 11) is 0. The maximum absolute atomic E-state index is 12.7. The van der Waals surface area contributed by atoms with Gasteiger partial charge in [-0.05, 0) is 52.9 Å². The zero-order valence-corrected chi connectivity index (χ0v) is 15.4. The SMILES string of the molecule is O=C(Nc1nc(-c2ccc(I)cc2)cs1)c1cccc(C(F)(F)F)c1. The lowest BCUT2D eigenvalue weighted by Crippen LogP contribution is -2.13. The third-order valence-electron chi connectivity index (χ3n) is 3.32. The number of carbonyl (C=O) groups is 1. The van der Waals surface area contributed by atoms with E-state index in [9.17, 15) is 18.0 Å². The van der Waals surface area contributed by atoms with E-state index in [-0.39, 0.29) is 5.56 Å². The molecule has 3 nitrogen and oxygen atoms in total. The Kier molecular flexibility index (Phi) is 5.09. The first-order valence-corrected chi connectivity index (χ1v) is 8.99. The van der Waals surface area contributed by atoms with E-state index in [1.807, 2.05) is 24.3 Å². The molecule has 0 aliphatic heterocycles. The van der Waals surface area contributed by atoms with Crippen LogP contribution < -0.4 is 5.32 Å². The van der Waals surface area contributed by atoms with E-state index < -0.39 is 17.6 Å². The van der Waals surface area contributed by atoms with Crippen LogP contribution >= 0.6 is 33.9 Å². The molecule has 0 fully saturated rings. The number of thiazole rings is 1. The molecule has 0 bridgehead atoms. The third-order valence-corrected chi connectivity index (χ3v) is 4.79. The highest BCUT2D eigenvalue weighted by atomic mass is 127. The molecule has 25 heavy (non-hydrogen) atoms. The monoisotopic (exact) mass is 474 g/mol. The molecule has 0 atom stereocenters. The number of hydrogen-bond donors (Lipinski definition) is 1. The minimum Gasteiger partial charge on any atom is -0.298 e. The van der Waals surface area contributed by atoms with Crippen molar-refractivity contribution in [1.82, 2.24) is 4.98 Å². The van der Waals surface area contributed by atoms with Crippen LogP contribution in [0.15, 0.2) is 53.9 Å². The van der Waals surface area contributed by atoms with Crippen molar-refractivity contribution in [3.63, 3.8) is 0 Å². The van der Waals surface area contributed by atoms with E-state index in [4.69, 9.17) is 0 Å². The van der Waals surface area contributed by atoms with Crippen LogP contribution in [0.4, 0.5) is 18.3 Å². The number of nitrogens with zero attached hydrogens (tertiary/aromatic N) is 1. The Balaban J connectivity index is 1.77. The Morgan fingerprint density at radius 1 is 1.12 bits per heavy atom. The highest BCUT2D eigenvalue weighted by Gasteiger charge is 2.30. The van der Waals surface area contributed by atoms with Crippen LogP contribution in [-0.2, 0) is 6.18 Å². The molecule has 1 heterocycles. The summed E-state index contributed by atoms with van der Waals surface area (Å²) in [4.78, 5) is 16.5. The van der Waals surface area contributed by atoms with E-state index in [1.54, 1.807) is 5.38 Å². The lowest BCUT2D eigenvalue weighted by Gasteiger charge is -2.08. The number of benzene rings is 2. The first kappa shape index (κ1) is 17.9. The first-order valence-electron chi connectivity index (χ1n) is 7.03. The van der Waals surface area contributed by atoms with Crippen molar-refractivity contribution in [2.75, 3.05) is 5.32 Å². The molecule has 3 rings (SSSR count). The van der Waals surface area contributed by atoms with Crippen molar-refractivity contribution < 1.29 is 18.0 Å². The van der Waals surface area contributed by atoms with Gasteiger partial charge in [-0.2, -0.15) is 13.2 Å². The number of carbonyl (C=O) groups excluding carboxylic acids is 1. The third kappa shape index (κ3) is 4.37. The van der Waals surface area contributed by atoms with Gasteiger partial charge in [0.15, 0.2) is 5.13 Å². The Bertz CT molecular complexity index is 907. The molecular formula is C17H10F3IN2OS.